The molecule has 1 saturated heterocycles. The predicted octanol–water partition coefficient (Wildman–Crippen LogP) is 2.74. The van der Waals surface area contributed by atoms with Crippen LogP contribution in [0.1, 0.15) is 19.5 Å². The van der Waals surface area contributed by atoms with E-state index in [0.717, 1.165) is 0 Å². The van der Waals surface area contributed by atoms with Crippen molar-refractivity contribution in [1.29, 1.82) is 5.26 Å². The van der Waals surface area contributed by atoms with Crippen molar-refractivity contribution in [3.63, 3.8) is 0 Å². The van der Waals surface area contributed by atoms with Gasteiger partial charge in [-0.3, -0.25) is 10.1 Å². The van der Waals surface area contributed by atoms with Crippen molar-refractivity contribution in [3.8, 4) is 17.5 Å². The summed E-state index contributed by atoms with van der Waals surface area (Å²) in [4.78, 5) is 16.4. The lowest BCUT2D eigenvalue weighted by atomic mass is 10.2. The molecular formula is C16H16N4O4. The number of nitro benzene ring substituents is 1. The van der Waals surface area contributed by atoms with Gasteiger partial charge in [-0.15, -0.1) is 0 Å². The summed E-state index contributed by atoms with van der Waals surface area (Å²) in [5.41, 5.74) is 0.768. The van der Waals surface area contributed by atoms with Crippen LogP contribution in [0.3, 0.4) is 0 Å². The SMILES string of the molecule is CC1CN(c2oc(-c3ccc([N+](=O)[O-])cc3)nc2C#N)CC(C)O1. The van der Waals surface area contributed by atoms with Gasteiger partial charge < -0.3 is 14.1 Å². The summed E-state index contributed by atoms with van der Waals surface area (Å²) >= 11 is 0. The Balaban J connectivity index is 1.93. The van der Waals surface area contributed by atoms with Gasteiger partial charge in [0.15, 0.2) is 0 Å². The lowest BCUT2D eigenvalue weighted by molar-refractivity contribution is -0.384. The van der Waals surface area contributed by atoms with E-state index in [1.54, 1.807) is 12.1 Å². The summed E-state index contributed by atoms with van der Waals surface area (Å²) in [5.74, 6) is 0.677. The third-order valence-corrected chi connectivity index (χ3v) is 3.75. The van der Waals surface area contributed by atoms with E-state index in [-0.39, 0.29) is 29.5 Å². The van der Waals surface area contributed by atoms with Gasteiger partial charge in [-0.05, 0) is 26.0 Å². The van der Waals surface area contributed by atoms with E-state index in [2.05, 4.69) is 4.98 Å². The van der Waals surface area contributed by atoms with Crippen molar-refractivity contribution in [2.24, 2.45) is 0 Å². The normalized spacial score (nSPS) is 20.6. The van der Waals surface area contributed by atoms with E-state index in [1.165, 1.54) is 12.1 Å². The van der Waals surface area contributed by atoms with Crippen LogP contribution in [0, 0.1) is 21.4 Å². The molecule has 1 fully saturated rings. The van der Waals surface area contributed by atoms with Crippen LogP contribution in [0.5, 0.6) is 0 Å². The standard InChI is InChI=1S/C16H16N4O4/c1-10-8-19(9-11(2)23-10)16-14(7-17)18-15(24-16)12-3-5-13(6-4-12)20(21)22/h3-6,10-11H,8-9H2,1-2H3. The largest absolute Gasteiger partial charge is 0.419 e. The van der Waals surface area contributed by atoms with Gasteiger partial charge in [0.25, 0.3) is 5.69 Å². The van der Waals surface area contributed by atoms with Crippen LogP contribution in [0.4, 0.5) is 11.6 Å². The molecule has 8 nitrogen and oxygen atoms in total. The number of hydrogen-bond acceptors (Lipinski definition) is 7. The fourth-order valence-corrected chi connectivity index (χ4v) is 2.79. The van der Waals surface area contributed by atoms with E-state index in [4.69, 9.17) is 9.15 Å². The third kappa shape index (κ3) is 3.07. The molecule has 1 aliphatic heterocycles. The molecule has 1 aliphatic rings. The number of nitrogens with zero attached hydrogens (tertiary/aromatic N) is 4. The first-order valence-corrected chi connectivity index (χ1v) is 7.54. The molecule has 0 bridgehead atoms. The second-order valence-electron chi connectivity index (χ2n) is 5.75. The van der Waals surface area contributed by atoms with Gasteiger partial charge in [-0.25, -0.2) is 0 Å². The molecule has 24 heavy (non-hydrogen) atoms. The highest BCUT2D eigenvalue weighted by Crippen LogP contribution is 2.30. The Morgan fingerprint density at radius 1 is 1.29 bits per heavy atom. The topological polar surface area (TPSA) is 105 Å². The summed E-state index contributed by atoms with van der Waals surface area (Å²) in [6.07, 6.45) is 0.0430. The quantitative estimate of drug-likeness (QED) is 0.630. The minimum atomic E-state index is -0.470. The van der Waals surface area contributed by atoms with E-state index in [0.29, 0.717) is 24.5 Å². The Hall–Kier alpha value is -2.92. The second kappa shape index (κ2) is 6.29. The van der Waals surface area contributed by atoms with Crippen molar-refractivity contribution in [1.82, 2.24) is 4.98 Å². The number of rotatable bonds is 3. The first kappa shape index (κ1) is 16.0. The number of morpholine rings is 1. The number of non-ortho nitro benzene ring substituents is 1. The van der Waals surface area contributed by atoms with E-state index >= 15 is 0 Å². The number of aromatic nitrogens is 1. The number of hydrogen-bond donors (Lipinski definition) is 0. The van der Waals surface area contributed by atoms with Crippen molar-refractivity contribution in [2.75, 3.05) is 18.0 Å². The molecule has 2 heterocycles. The van der Waals surface area contributed by atoms with Crippen LogP contribution in [0.15, 0.2) is 28.7 Å². The fourth-order valence-electron chi connectivity index (χ4n) is 2.79. The maximum atomic E-state index is 10.7. The van der Waals surface area contributed by atoms with Crippen LogP contribution in [-0.2, 0) is 4.74 Å². The number of benzene rings is 1. The molecule has 2 unspecified atom stereocenters. The maximum Gasteiger partial charge on any atom is 0.269 e. The molecule has 2 atom stereocenters. The van der Waals surface area contributed by atoms with Gasteiger partial charge in [0, 0.05) is 30.8 Å². The van der Waals surface area contributed by atoms with Crippen molar-refractivity contribution in [2.45, 2.75) is 26.1 Å². The number of oxazole rings is 1. The van der Waals surface area contributed by atoms with Gasteiger partial charge in [0.05, 0.1) is 17.1 Å². The zero-order chi connectivity index (χ0) is 17.3. The summed E-state index contributed by atoms with van der Waals surface area (Å²) in [5, 5.41) is 20.1. The number of anilines is 1. The van der Waals surface area contributed by atoms with Gasteiger partial charge in [-0.2, -0.15) is 10.2 Å². The molecule has 124 valence electrons. The van der Waals surface area contributed by atoms with E-state index < -0.39 is 4.92 Å². The molecule has 0 spiro atoms. The molecule has 0 radical (unpaired) electrons. The molecule has 2 aromatic rings. The number of nitro groups is 1. The fraction of sp³-hybridized carbons (Fsp3) is 0.375. The molecule has 0 N–H and O–H groups in total. The Kier molecular flexibility index (Phi) is 4.18. The zero-order valence-corrected chi connectivity index (χ0v) is 13.3. The van der Waals surface area contributed by atoms with Crippen LogP contribution in [0.2, 0.25) is 0 Å². The molecule has 8 heteroatoms. The summed E-state index contributed by atoms with van der Waals surface area (Å²) < 4.78 is 11.5. The Morgan fingerprint density at radius 2 is 1.92 bits per heavy atom. The molecule has 3 rings (SSSR count). The lowest BCUT2D eigenvalue weighted by Crippen LogP contribution is -2.45. The third-order valence-electron chi connectivity index (χ3n) is 3.75. The molecule has 1 aromatic heterocycles. The molecule has 0 aliphatic carbocycles. The summed E-state index contributed by atoms with van der Waals surface area (Å²) in [6.45, 7) is 5.13. The van der Waals surface area contributed by atoms with Crippen molar-refractivity contribution >= 4 is 11.6 Å². The predicted molar refractivity (Wildman–Crippen MR) is 85.5 cm³/mol. The Labute approximate surface area is 138 Å². The van der Waals surface area contributed by atoms with Gasteiger partial charge in [0.1, 0.15) is 6.07 Å². The van der Waals surface area contributed by atoms with Crippen LogP contribution >= 0.6 is 0 Å². The number of ether oxygens (including phenoxy) is 1. The van der Waals surface area contributed by atoms with E-state index in [9.17, 15) is 15.4 Å². The van der Waals surface area contributed by atoms with Crippen molar-refractivity contribution in [3.05, 3.63) is 40.1 Å². The first-order valence-electron chi connectivity index (χ1n) is 7.54. The van der Waals surface area contributed by atoms with Crippen LogP contribution < -0.4 is 4.90 Å². The minimum absolute atomic E-state index is 0.0122. The minimum Gasteiger partial charge on any atom is -0.419 e. The molecule has 0 saturated carbocycles. The average molecular weight is 328 g/mol. The smallest absolute Gasteiger partial charge is 0.269 e. The average Bonchev–Trinajstić information content (AvgIpc) is 2.98. The van der Waals surface area contributed by atoms with Crippen LogP contribution in [0.25, 0.3) is 11.5 Å². The Bertz CT molecular complexity index is 783. The van der Waals surface area contributed by atoms with Crippen LogP contribution in [-0.4, -0.2) is 35.2 Å². The number of nitriles is 1. The highest BCUT2D eigenvalue weighted by atomic mass is 16.6. The molecule has 0 amide bonds. The van der Waals surface area contributed by atoms with E-state index in [1.807, 2.05) is 24.8 Å². The highest BCUT2D eigenvalue weighted by molar-refractivity contribution is 5.61. The lowest BCUT2D eigenvalue weighted by Gasteiger charge is -2.34. The van der Waals surface area contributed by atoms with Gasteiger partial charge in [0.2, 0.25) is 17.5 Å². The second-order valence-corrected chi connectivity index (χ2v) is 5.75. The van der Waals surface area contributed by atoms with Gasteiger partial charge in [-0.1, -0.05) is 0 Å². The maximum absolute atomic E-state index is 10.7. The van der Waals surface area contributed by atoms with Crippen molar-refractivity contribution < 1.29 is 14.1 Å². The molecule has 1 aromatic carbocycles. The monoisotopic (exact) mass is 328 g/mol. The summed E-state index contributed by atoms with van der Waals surface area (Å²) in [7, 11) is 0. The highest BCUT2D eigenvalue weighted by Gasteiger charge is 2.28. The zero-order valence-electron chi connectivity index (χ0n) is 13.3. The van der Waals surface area contributed by atoms with Gasteiger partial charge >= 0.3 is 0 Å². The molecular weight excluding hydrogens is 312 g/mol. The summed E-state index contributed by atoms with van der Waals surface area (Å²) in [6, 6.07) is 7.91. The Morgan fingerprint density at radius 3 is 2.46 bits per heavy atom. The first-order chi connectivity index (χ1) is 11.5.